The highest BCUT2D eigenvalue weighted by Crippen LogP contribution is 2.14. The second kappa shape index (κ2) is 38.2. The highest BCUT2D eigenvalue weighted by atomic mass is 16.4. The molecule has 0 unspecified atom stereocenters. The first-order valence-electron chi connectivity index (χ1n) is 28.0. The van der Waals surface area contributed by atoms with Crippen molar-refractivity contribution in [1.82, 2.24) is 47.9 Å². The number of aliphatic imine (C=N–C) groups is 2. The van der Waals surface area contributed by atoms with Gasteiger partial charge in [-0.1, -0.05) is 64.4 Å². The maximum absolute atomic E-state index is 14.4. The number of carboxylic acid groups (broad SMARTS) is 1. The largest absolute Gasteiger partial charge is 0.480 e. The summed E-state index contributed by atoms with van der Waals surface area (Å²) in [6.45, 7) is 11.6. The Kier molecular flexibility index (Phi) is 33.8. The van der Waals surface area contributed by atoms with Crippen LogP contribution in [0.25, 0.3) is 0 Å². The Labute approximate surface area is 489 Å². The van der Waals surface area contributed by atoms with Crippen molar-refractivity contribution in [2.75, 3.05) is 19.6 Å². The highest BCUT2D eigenvalue weighted by molar-refractivity contribution is 5.99. The number of hydrogen-bond donors (Lipinski definition) is 19. The van der Waals surface area contributed by atoms with Crippen LogP contribution in [0.2, 0.25) is 0 Å². The number of carbonyl (C=O) groups excluding carboxylic acids is 9. The maximum atomic E-state index is 14.4. The third-order valence-electron chi connectivity index (χ3n) is 13.4. The van der Waals surface area contributed by atoms with E-state index in [1.54, 1.807) is 58.0 Å². The second-order valence-electron chi connectivity index (χ2n) is 21.0. The van der Waals surface area contributed by atoms with E-state index in [2.05, 4.69) is 57.8 Å². The first-order chi connectivity index (χ1) is 39.4. The van der Waals surface area contributed by atoms with Gasteiger partial charge >= 0.3 is 5.97 Å². The van der Waals surface area contributed by atoms with Gasteiger partial charge in [0.15, 0.2) is 11.9 Å². The minimum atomic E-state index is -1.77. The van der Waals surface area contributed by atoms with Crippen molar-refractivity contribution >= 4 is 71.1 Å². The third kappa shape index (κ3) is 27.1. The standard InChI is InChI=1S/C53H93N17O14/c1-9-27(4)39(48(80)70-41(31(8)73)50(82)64-34(20-15-23-60-52(56)57)42(74)62-28(5)51(83)84)68-44(76)33(19-13-14-22-54)63-43(75)35(21-16-24-61-53(58)59)65-49(81)40(30(7)72)69-47(79)38(26(2)3)67-45(77)36(25-32-17-11-10-12-18-32)66-46(78)37(55)29(6)71/h10-12,17-18,26-31,33-41,71-73H,9,13-16,19-25,54-55H2,1-8H3,(H,62,74)(H,63,75)(H,64,82)(H,65,81)(H,66,78)(H,67,77)(H,68,76)(H,69,79)(H,70,80)(H,83,84)(H4,56,57,60)(H4,58,59,61)/t27-,28-,29+,30+,31+,33-,34-,35-,36-,37-,38-,39-,40-,41-/m0/s1. The molecule has 25 N–H and O–H groups in total. The third-order valence-corrected chi connectivity index (χ3v) is 13.4. The Morgan fingerprint density at radius 2 is 0.857 bits per heavy atom. The fourth-order valence-corrected chi connectivity index (χ4v) is 8.06. The van der Waals surface area contributed by atoms with Crippen molar-refractivity contribution in [2.45, 2.75) is 192 Å². The molecule has 0 saturated carbocycles. The van der Waals surface area contributed by atoms with Crippen LogP contribution in [0.15, 0.2) is 40.3 Å². The van der Waals surface area contributed by atoms with E-state index in [0.717, 1.165) is 0 Å². The van der Waals surface area contributed by atoms with E-state index in [1.807, 2.05) is 0 Å². The summed E-state index contributed by atoms with van der Waals surface area (Å²) in [5.41, 5.74) is 34.1. The van der Waals surface area contributed by atoms with Crippen LogP contribution in [-0.2, 0) is 54.4 Å². The normalized spacial score (nSPS) is 16.2. The van der Waals surface area contributed by atoms with Crippen molar-refractivity contribution in [2.24, 2.45) is 56.2 Å². The first-order valence-corrected chi connectivity index (χ1v) is 28.0. The molecule has 0 heterocycles. The fourth-order valence-electron chi connectivity index (χ4n) is 8.06. The van der Waals surface area contributed by atoms with E-state index in [0.29, 0.717) is 12.0 Å². The van der Waals surface area contributed by atoms with Crippen LogP contribution < -0.4 is 82.3 Å². The lowest BCUT2D eigenvalue weighted by atomic mass is 9.96. The number of benzene rings is 1. The number of carboxylic acids is 1. The summed E-state index contributed by atoms with van der Waals surface area (Å²) in [5.74, 6) is -11.6. The number of nitrogens with zero attached hydrogens (tertiary/aromatic N) is 2. The van der Waals surface area contributed by atoms with E-state index in [9.17, 15) is 68.4 Å². The monoisotopic (exact) mass is 1190 g/mol. The Bertz CT molecular complexity index is 2370. The van der Waals surface area contributed by atoms with Gasteiger partial charge in [0, 0.05) is 19.5 Å². The molecule has 0 saturated heterocycles. The van der Waals surface area contributed by atoms with Crippen molar-refractivity contribution < 1.29 is 68.4 Å². The Balaban J connectivity index is 3.58. The molecule has 31 nitrogen and oxygen atoms in total. The van der Waals surface area contributed by atoms with Gasteiger partial charge in [0.05, 0.1) is 18.3 Å². The molecule has 0 radical (unpaired) electrons. The Morgan fingerprint density at radius 3 is 1.27 bits per heavy atom. The predicted octanol–water partition coefficient (Wildman–Crippen LogP) is -5.90. The molecule has 474 valence electrons. The van der Waals surface area contributed by atoms with Gasteiger partial charge in [0.1, 0.15) is 60.4 Å². The van der Waals surface area contributed by atoms with Gasteiger partial charge < -0.3 is 103 Å². The number of aliphatic carboxylic acids is 1. The van der Waals surface area contributed by atoms with Crippen LogP contribution in [0.4, 0.5) is 0 Å². The fraction of sp³-hybridized carbons (Fsp3) is 0.660. The first kappa shape index (κ1) is 74.3. The van der Waals surface area contributed by atoms with Crippen LogP contribution in [-0.4, -0.2) is 190 Å². The van der Waals surface area contributed by atoms with Crippen molar-refractivity contribution in [3.05, 3.63) is 35.9 Å². The molecule has 9 amide bonds. The van der Waals surface area contributed by atoms with E-state index < -0.39 is 150 Å². The molecular weight excluding hydrogens is 1100 g/mol. The number of hydrogen-bond acceptors (Lipinski definition) is 17. The summed E-state index contributed by atoms with van der Waals surface area (Å²) in [7, 11) is 0. The van der Waals surface area contributed by atoms with Gasteiger partial charge in [-0.15, -0.1) is 0 Å². The lowest BCUT2D eigenvalue weighted by Crippen LogP contribution is -2.63. The Hall–Kier alpha value is -7.74. The van der Waals surface area contributed by atoms with E-state index >= 15 is 0 Å². The lowest BCUT2D eigenvalue weighted by molar-refractivity contribution is -0.142. The van der Waals surface area contributed by atoms with E-state index in [-0.39, 0.29) is 82.9 Å². The van der Waals surface area contributed by atoms with Crippen LogP contribution in [0.3, 0.4) is 0 Å². The number of amides is 9. The molecule has 14 atom stereocenters. The van der Waals surface area contributed by atoms with Gasteiger partial charge in [-0.2, -0.15) is 0 Å². The topological polar surface area (TPSA) is 541 Å². The minimum Gasteiger partial charge on any atom is -0.480 e. The van der Waals surface area contributed by atoms with Crippen molar-refractivity contribution in [3.63, 3.8) is 0 Å². The molecule has 0 fully saturated rings. The van der Waals surface area contributed by atoms with Crippen LogP contribution in [0.5, 0.6) is 0 Å². The minimum absolute atomic E-state index is 0.0280. The number of rotatable bonds is 39. The molecule has 0 aliphatic carbocycles. The Morgan fingerprint density at radius 1 is 0.476 bits per heavy atom. The summed E-state index contributed by atoms with van der Waals surface area (Å²) in [6.07, 6.45) is -3.75. The number of nitrogens with one attached hydrogen (secondary N) is 9. The van der Waals surface area contributed by atoms with Crippen molar-refractivity contribution in [3.8, 4) is 0 Å². The average molecular weight is 1190 g/mol. The van der Waals surface area contributed by atoms with Crippen LogP contribution in [0, 0.1) is 11.8 Å². The van der Waals surface area contributed by atoms with Gasteiger partial charge in [-0.3, -0.25) is 57.9 Å². The number of carbonyl (C=O) groups is 10. The van der Waals surface area contributed by atoms with Crippen molar-refractivity contribution in [1.29, 1.82) is 0 Å². The molecule has 1 aromatic carbocycles. The van der Waals surface area contributed by atoms with E-state index in [1.165, 1.54) is 27.7 Å². The number of unbranched alkanes of at least 4 members (excludes halogenated alkanes) is 1. The molecule has 0 aliphatic heterocycles. The zero-order valence-electron chi connectivity index (χ0n) is 49.3. The predicted molar refractivity (Wildman–Crippen MR) is 311 cm³/mol. The van der Waals surface area contributed by atoms with Gasteiger partial charge in [-0.25, -0.2) is 0 Å². The average Bonchev–Trinajstić information content (AvgIpc) is 3.63. The zero-order valence-corrected chi connectivity index (χ0v) is 49.3. The molecule has 84 heavy (non-hydrogen) atoms. The lowest BCUT2D eigenvalue weighted by Gasteiger charge is -2.31. The summed E-state index contributed by atoms with van der Waals surface area (Å²) < 4.78 is 0. The SMILES string of the molecule is CC[C@H](C)[C@H](NC(=O)[C@H](CCCCN)NC(=O)[C@H](CCCN=C(N)N)NC(=O)[C@@H](NC(=O)[C@@H](NC(=O)[C@H](Cc1ccccc1)NC(=O)[C@@H](N)[C@@H](C)O)C(C)C)[C@@H](C)O)C(=O)N[C@H](C(=O)N[C@@H](CCCN=C(N)N)C(=O)N[C@@H](C)C(=O)O)[C@@H](C)O. The summed E-state index contributed by atoms with van der Waals surface area (Å²) in [4.78, 5) is 144. The van der Waals surface area contributed by atoms with Crippen LogP contribution >= 0.6 is 0 Å². The molecule has 0 aliphatic rings. The number of aliphatic hydroxyl groups is 3. The summed E-state index contributed by atoms with van der Waals surface area (Å²) >= 11 is 0. The maximum Gasteiger partial charge on any atom is 0.325 e. The number of aliphatic hydroxyl groups excluding tert-OH is 3. The quantitative estimate of drug-likeness (QED) is 0.0166. The van der Waals surface area contributed by atoms with Gasteiger partial charge in [-0.05, 0) is 96.6 Å². The zero-order chi connectivity index (χ0) is 64.0. The van der Waals surface area contributed by atoms with Gasteiger partial charge in [0.25, 0.3) is 0 Å². The summed E-state index contributed by atoms with van der Waals surface area (Å²) in [6, 6.07) is -6.08. The molecule has 1 aromatic rings. The second-order valence-corrected chi connectivity index (χ2v) is 21.0. The molecule has 31 heteroatoms. The smallest absolute Gasteiger partial charge is 0.325 e. The molecule has 1 rings (SSSR count). The number of nitrogens with two attached hydrogens (primary N) is 6. The van der Waals surface area contributed by atoms with Crippen LogP contribution in [0.1, 0.15) is 112 Å². The molecule has 0 spiro atoms. The number of guanidine groups is 2. The molecule has 0 bridgehead atoms. The van der Waals surface area contributed by atoms with E-state index in [4.69, 9.17) is 34.4 Å². The van der Waals surface area contributed by atoms with Gasteiger partial charge in [0.2, 0.25) is 53.2 Å². The highest BCUT2D eigenvalue weighted by Gasteiger charge is 2.38. The molecular formula is C53H93N17O14. The summed E-state index contributed by atoms with van der Waals surface area (Å²) in [5, 5.41) is 63.6. The molecule has 0 aromatic heterocycles.